The van der Waals surface area contributed by atoms with Crippen LogP contribution in [-0.2, 0) is 0 Å². The van der Waals surface area contributed by atoms with Gasteiger partial charge in [0.1, 0.15) is 11.0 Å². The maximum Gasteiger partial charge on any atom is 0.149 e. The van der Waals surface area contributed by atoms with Gasteiger partial charge in [-0.2, -0.15) is 0 Å². The number of nitrogens with zero attached hydrogens (tertiary/aromatic N) is 2. The second-order valence-corrected chi connectivity index (χ2v) is 4.96. The molecule has 0 bridgehead atoms. The van der Waals surface area contributed by atoms with E-state index in [1.165, 1.54) is 12.4 Å². The van der Waals surface area contributed by atoms with Crippen molar-refractivity contribution in [3.63, 3.8) is 0 Å². The van der Waals surface area contributed by atoms with Gasteiger partial charge in [0.2, 0.25) is 0 Å². The van der Waals surface area contributed by atoms with Gasteiger partial charge in [0, 0.05) is 22.2 Å². The van der Waals surface area contributed by atoms with Gasteiger partial charge in [0.05, 0.1) is 18.5 Å². The molecule has 0 aliphatic carbocycles. The summed E-state index contributed by atoms with van der Waals surface area (Å²) in [4.78, 5) is 7.88. The van der Waals surface area contributed by atoms with Crippen LogP contribution in [0.3, 0.4) is 0 Å². The normalized spacial score (nSPS) is 12.2. The highest BCUT2D eigenvalue weighted by atomic mass is 35.5. The van der Waals surface area contributed by atoms with Gasteiger partial charge in [-0.1, -0.05) is 40.9 Å². The van der Waals surface area contributed by atoms with E-state index in [4.69, 9.17) is 34.8 Å². The zero-order valence-electron chi connectivity index (χ0n) is 9.65. The lowest BCUT2D eigenvalue weighted by Crippen LogP contribution is -2.14. The van der Waals surface area contributed by atoms with Gasteiger partial charge in [-0.05, 0) is 12.1 Å². The Morgan fingerprint density at radius 3 is 2.47 bits per heavy atom. The summed E-state index contributed by atoms with van der Waals surface area (Å²) < 4.78 is 0. The first kappa shape index (κ1) is 14.3. The monoisotopic (exact) mass is 317 g/mol. The van der Waals surface area contributed by atoms with E-state index in [1.54, 1.807) is 18.2 Å². The topological polar surface area (TPSA) is 58.0 Å². The van der Waals surface area contributed by atoms with Crippen LogP contribution in [0.25, 0.3) is 0 Å². The molecule has 0 saturated heterocycles. The van der Waals surface area contributed by atoms with Gasteiger partial charge >= 0.3 is 0 Å². The lowest BCUT2D eigenvalue weighted by molar-refractivity contribution is 0.191. The molecule has 0 aliphatic heterocycles. The maximum atomic E-state index is 10.1. The largest absolute Gasteiger partial charge is 0.386 e. The van der Waals surface area contributed by atoms with Gasteiger partial charge in [-0.15, -0.1) is 0 Å². The van der Waals surface area contributed by atoms with Crippen LogP contribution < -0.4 is 5.32 Å². The molecule has 0 saturated carbocycles. The van der Waals surface area contributed by atoms with E-state index < -0.39 is 6.10 Å². The molecule has 0 aliphatic rings. The van der Waals surface area contributed by atoms with Crippen LogP contribution in [-0.4, -0.2) is 21.6 Å². The Morgan fingerprint density at radius 2 is 1.84 bits per heavy atom. The third kappa shape index (κ3) is 3.70. The second-order valence-electron chi connectivity index (χ2n) is 3.76. The van der Waals surface area contributed by atoms with Crippen LogP contribution in [0.2, 0.25) is 15.2 Å². The van der Waals surface area contributed by atoms with E-state index in [1.807, 2.05) is 0 Å². The van der Waals surface area contributed by atoms with Crippen molar-refractivity contribution in [3.8, 4) is 0 Å². The lowest BCUT2D eigenvalue weighted by atomic mass is 10.1. The van der Waals surface area contributed by atoms with Crippen molar-refractivity contribution in [1.29, 1.82) is 0 Å². The number of halogens is 3. The minimum absolute atomic E-state index is 0.193. The van der Waals surface area contributed by atoms with Crippen LogP contribution in [0.1, 0.15) is 11.7 Å². The summed E-state index contributed by atoms with van der Waals surface area (Å²) in [5.41, 5.74) is 0.480. The molecule has 0 radical (unpaired) electrons. The summed E-state index contributed by atoms with van der Waals surface area (Å²) >= 11 is 17.7. The summed E-state index contributed by atoms with van der Waals surface area (Å²) in [6.45, 7) is 0.193. The summed E-state index contributed by atoms with van der Waals surface area (Å²) in [5.74, 6) is 0.467. The molecule has 0 spiro atoms. The van der Waals surface area contributed by atoms with E-state index >= 15 is 0 Å². The molecule has 1 heterocycles. The smallest absolute Gasteiger partial charge is 0.149 e. The number of aliphatic hydroxyl groups is 1. The highest BCUT2D eigenvalue weighted by molar-refractivity contribution is 6.36. The molecule has 2 N–H and O–H groups in total. The van der Waals surface area contributed by atoms with E-state index in [0.29, 0.717) is 21.4 Å². The molecule has 1 aromatic carbocycles. The van der Waals surface area contributed by atoms with Crippen molar-refractivity contribution in [2.75, 3.05) is 11.9 Å². The van der Waals surface area contributed by atoms with Crippen LogP contribution in [0.15, 0.2) is 30.6 Å². The van der Waals surface area contributed by atoms with E-state index in [0.717, 1.165) is 0 Å². The van der Waals surface area contributed by atoms with Gasteiger partial charge in [-0.3, -0.25) is 4.98 Å². The van der Waals surface area contributed by atoms with Crippen molar-refractivity contribution >= 4 is 40.6 Å². The zero-order valence-corrected chi connectivity index (χ0v) is 11.9. The number of aliphatic hydroxyl groups excluding tert-OH is 1. The molecule has 2 aromatic rings. The molecule has 1 unspecified atom stereocenters. The fourth-order valence-electron chi connectivity index (χ4n) is 1.56. The molecule has 100 valence electrons. The Hall–Kier alpha value is -1.07. The highest BCUT2D eigenvalue weighted by Gasteiger charge is 2.15. The highest BCUT2D eigenvalue weighted by Crippen LogP contribution is 2.30. The first-order valence-electron chi connectivity index (χ1n) is 5.41. The number of hydrogen-bond donors (Lipinski definition) is 2. The third-order valence-corrected chi connectivity index (χ3v) is 3.26. The molecular formula is C12H10Cl3N3O. The Kier molecular flexibility index (Phi) is 4.82. The summed E-state index contributed by atoms with van der Waals surface area (Å²) in [6.07, 6.45) is 2.07. The van der Waals surface area contributed by atoms with E-state index in [9.17, 15) is 5.11 Å². The van der Waals surface area contributed by atoms with Crippen molar-refractivity contribution in [2.45, 2.75) is 6.10 Å². The average Bonchev–Trinajstić information content (AvgIpc) is 2.36. The van der Waals surface area contributed by atoms with Gasteiger partial charge in [0.15, 0.2) is 0 Å². The number of aromatic nitrogens is 2. The molecule has 7 heteroatoms. The van der Waals surface area contributed by atoms with Crippen LogP contribution in [0.4, 0.5) is 5.82 Å². The molecule has 0 fully saturated rings. The summed E-state index contributed by atoms with van der Waals surface area (Å²) in [6, 6.07) is 5.06. The average molecular weight is 319 g/mol. The van der Waals surface area contributed by atoms with Crippen LogP contribution in [0.5, 0.6) is 0 Å². The van der Waals surface area contributed by atoms with E-state index in [2.05, 4.69) is 15.3 Å². The van der Waals surface area contributed by atoms with Gasteiger partial charge in [-0.25, -0.2) is 4.98 Å². The van der Waals surface area contributed by atoms with Crippen molar-refractivity contribution in [2.24, 2.45) is 0 Å². The molecule has 4 nitrogen and oxygen atoms in total. The Balaban J connectivity index is 2.07. The van der Waals surface area contributed by atoms with Gasteiger partial charge < -0.3 is 10.4 Å². The molecule has 1 aromatic heterocycles. The minimum atomic E-state index is -0.859. The summed E-state index contributed by atoms with van der Waals surface area (Å²) in [5, 5.41) is 14.1. The minimum Gasteiger partial charge on any atom is -0.386 e. The molecular weight excluding hydrogens is 309 g/mol. The molecule has 19 heavy (non-hydrogen) atoms. The third-order valence-electron chi connectivity index (χ3n) is 2.41. The molecule has 1 atom stereocenters. The predicted molar refractivity (Wildman–Crippen MR) is 77.0 cm³/mol. The number of hydrogen-bond acceptors (Lipinski definition) is 4. The maximum absolute atomic E-state index is 10.1. The van der Waals surface area contributed by atoms with E-state index in [-0.39, 0.29) is 11.7 Å². The van der Waals surface area contributed by atoms with Crippen molar-refractivity contribution in [1.82, 2.24) is 9.97 Å². The first-order valence-corrected chi connectivity index (χ1v) is 6.54. The number of anilines is 1. The molecule has 2 rings (SSSR count). The van der Waals surface area contributed by atoms with Crippen LogP contribution in [0, 0.1) is 0 Å². The standard InChI is InChI=1S/C12H10Cl3N3O/c13-7-2-1-3-8(14)12(7)9(19)4-17-11-6-16-5-10(15)18-11/h1-3,5-6,9,19H,4H2,(H,17,18). The first-order chi connectivity index (χ1) is 9.08. The lowest BCUT2D eigenvalue weighted by Gasteiger charge is -2.15. The summed E-state index contributed by atoms with van der Waals surface area (Å²) in [7, 11) is 0. The van der Waals surface area contributed by atoms with Gasteiger partial charge in [0.25, 0.3) is 0 Å². The fourth-order valence-corrected chi connectivity index (χ4v) is 2.36. The number of rotatable bonds is 4. The Morgan fingerprint density at radius 1 is 1.16 bits per heavy atom. The fraction of sp³-hybridized carbons (Fsp3) is 0.167. The zero-order chi connectivity index (χ0) is 13.8. The van der Waals surface area contributed by atoms with Crippen LogP contribution >= 0.6 is 34.8 Å². The predicted octanol–water partition coefficient (Wildman–Crippen LogP) is 3.58. The van der Waals surface area contributed by atoms with Crippen molar-refractivity contribution in [3.05, 3.63) is 51.4 Å². The number of benzene rings is 1. The van der Waals surface area contributed by atoms with Crippen molar-refractivity contribution < 1.29 is 5.11 Å². The second kappa shape index (κ2) is 6.39. The Bertz CT molecular complexity index is 560. The SMILES string of the molecule is OC(CNc1cncc(Cl)n1)c1c(Cl)cccc1Cl. The number of nitrogens with one attached hydrogen (secondary N) is 1. The quantitative estimate of drug-likeness (QED) is 0.904. The Labute approximate surface area is 125 Å². The molecule has 0 amide bonds.